The second-order valence-electron chi connectivity index (χ2n) is 4.85. The van der Waals surface area contributed by atoms with Gasteiger partial charge in [0.2, 0.25) is 0 Å². The Balaban J connectivity index is 2.46. The topological polar surface area (TPSA) is 6.48 Å². The minimum Gasteiger partial charge on any atom is -0.302 e. The van der Waals surface area contributed by atoms with Gasteiger partial charge in [-0.3, -0.25) is 0 Å². The molecule has 1 saturated heterocycles. The Morgan fingerprint density at radius 3 is 2.57 bits per heavy atom. The van der Waals surface area contributed by atoms with E-state index in [-0.39, 0.29) is 0 Å². The van der Waals surface area contributed by atoms with Crippen molar-refractivity contribution in [3.05, 3.63) is 0 Å². The molecule has 84 valence electrons. The first-order chi connectivity index (χ1) is 6.65. The van der Waals surface area contributed by atoms with E-state index in [1.54, 1.807) is 0 Å². The first kappa shape index (κ1) is 12.0. The first-order valence-corrected chi connectivity index (χ1v) is 6.05. The summed E-state index contributed by atoms with van der Waals surface area (Å²) >= 11 is 0. The molecule has 1 heterocycles. The molecule has 2 heteroatoms. The summed E-state index contributed by atoms with van der Waals surface area (Å²) in [5, 5.41) is 0. The minimum absolute atomic E-state index is 0.754. The average Bonchev–Trinajstić information content (AvgIpc) is 2.29. The van der Waals surface area contributed by atoms with Gasteiger partial charge in [0.15, 0.2) is 0 Å². The Morgan fingerprint density at radius 2 is 1.93 bits per heavy atom. The van der Waals surface area contributed by atoms with Crippen LogP contribution in [0, 0.1) is 0 Å². The van der Waals surface area contributed by atoms with Crippen LogP contribution in [-0.4, -0.2) is 49.1 Å². The van der Waals surface area contributed by atoms with Crippen LogP contribution in [0.1, 0.15) is 39.5 Å². The lowest BCUT2D eigenvalue weighted by Crippen LogP contribution is -2.38. The number of unbranched alkanes of at least 4 members (excludes halogenated alkanes) is 1. The lowest BCUT2D eigenvalue weighted by Gasteiger charge is -2.28. The maximum atomic E-state index is 2.55. The fraction of sp³-hybridized carbons (Fsp3) is 1.00. The molecule has 0 aromatic rings. The van der Waals surface area contributed by atoms with E-state index in [0.29, 0.717) is 0 Å². The molecule has 0 radical (unpaired) electrons. The van der Waals surface area contributed by atoms with Gasteiger partial charge < -0.3 is 9.80 Å². The zero-order valence-corrected chi connectivity index (χ0v) is 10.3. The molecule has 2 atom stereocenters. The number of hydrogen-bond donors (Lipinski definition) is 0. The second-order valence-corrected chi connectivity index (χ2v) is 4.85. The van der Waals surface area contributed by atoms with E-state index in [2.05, 4.69) is 37.7 Å². The van der Waals surface area contributed by atoms with Crippen LogP contribution < -0.4 is 0 Å². The molecule has 14 heavy (non-hydrogen) atoms. The fourth-order valence-corrected chi connectivity index (χ4v) is 2.20. The molecule has 0 aliphatic carbocycles. The molecule has 1 aliphatic heterocycles. The van der Waals surface area contributed by atoms with Gasteiger partial charge in [0.1, 0.15) is 0 Å². The lowest BCUT2D eigenvalue weighted by molar-refractivity contribution is 0.199. The Labute approximate surface area is 89.3 Å². The minimum atomic E-state index is 0.754. The van der Waals surface area contributed by atoms with Gasteiger partial charge in [-0.05, 0) is 40.4 Å². The summed E-state index contributed by atoms with van der Waals surface area (Å²) in [6.45, 7) is 7.14. The maximum Gasteiger partial charge on any atom is 0.0220 e. The van der Waals surface area contributed by atoms with Crippen molar-refractivity contribution in [1.82, 2.24) is 9.80 Å². The summed E-state index contributed by atoms with van der Waals surface area (Å²) in [5.41, 5.74) is 0. The van der Waals surface area contributed by atoms with Crippen LogP contribution >= 0.6 is 0 Å². The fourth-order valence-electron chi connectivity index (χ4n) is 2.20. The molecule has 0 spiro atoms. The molecule has 0 amide bonds. The monoisotopic (exact) mass is 198 g/mol. The summed E-state index contributed by atoms with van der Waals surface area (Å²) in [4.78, 5) is 5.07. The predicted molar refractivity (Wildman–Crippen MR) is 62.7 cm³/mol. The van der Waals surface area contributed by atoms with E-state index in [4.69, 9.17) is 0 Å². The van der Waals surface area contributed by atoms with Crippen molar-refractivity contribution in [3.8, 4) is 0 Å². The lowest BCUT2D eigenvalue weighted by atomic mass is 10.1. The van der Waals surface area contributed by atoms with Gasteiger partial charge >= 0.3 is 0 Å². The Hall–Kier alpha value is -0.0800. The molecular weight excluding hydrogens is 172 g/mol. The van der Waals surface area contributed by atoms with E-state index in [1.807, 2.05) is 0 Å². The van der Waals surface area contributed by atoms with E-state index in [0.717, 1.165) is 12.1 Å². The summed E-state index contributed by atoms with van der Waals surface area (Å²) < 4.78 is 0. The molecule has 0 bridgehead atoms. The Morgan fingerprint density at radius 1 is 1.21 bits per heavy atom. The predicted octanol–water partition coefficient (Wildman–Crippen LogP) is 2.20. The smallest absolute Gasteiger partial charge is 0.0220 e. The van der Waals surface area contributed by atoms with Crippen LogP contribution in [0.5, 0.6) is 0 Å². The van der Waals surface area contributed by atoms with Crippen molar-refractivity contribution in [2.45, 2.75) is 51.6 Å². The number of likely N-dealkylation sites (N-methyl/N-ethyl adjacent to an activating group) is 2. The molecule has 0 saturated carbocycles. The van der Waals surface area contributed by atoms with Gasteiger partial charge in [-0.1, -0.05) is 19.8 Å². The van der Waals surface area contributed by atoms with Gasteiger partial charge in [-0.25, -0.2) is 0 Å². The zero-order valence-electron chi connectivity index (χ0n) is 10.3. The van der Waals surface area contributed by atoms with Crippen molar-refractivity contribution >= 4 is 0 Å². The highest BCUT2D eigenvalue weighted by molar-refractivity contribution is 4.80. The van der Waals surface area contributed by atoms with E-state index >= 15 is 0 Å². The highest BCUT2D eigenvalue weighted by Gasteiger charge is 2.23. The highest BCUT2D eigenvalue weighted by Crippen LogP contribution is 2.16. The molecule has 1 aliphatic rings. The van der Waals surface area contributed by atoms with Crippen LogP contribution in [0.2, 0.25) is 0 Å². The zero-order chi connectivity index (χ0) is 10.6. The van der Waals surface area contributed by atoms with Gasteiger partial charge in [0.25, 0.3) is 0 Å². The summed E-state index contributed by atoms with van der Waals surface area (Å²) in [6.07, 6.45) is 5.38. The molecule has 1 fully saturated rings. The largest absolute Gasteiger partial charge is 0.302 e. The van der Waals surface area contributed by atoms with Crippen molar-refractivity contribution in [2.24, 2.45) is 0 Å². The number of nitrogens with zero attached hydrogens (tertiary/aromatic N) is 2. The molecule has 0 aromatic carbocycles. The molecule has 1 rings (SSSR count). The molecule has 2 nitrogen and oxygen atoms in total. The number of hydrogen-bond acceptors (Lipinski definition) is 2. The van der Waals surface area contributed by atoms with Crippen LogP contribution in [0.4, 0.5) is 0 Å². The van der Waals surface area contributed by atoms with Gasteiger partial charge in [-0.15, -0.1) is 0 Å². The van der Waals surface area contributed by atoms with Crippen LogP contribution in [0.25, 0.3) is 0 Å². The van der Waals surface area contributed by atoms with Gasteiger partial charge in [-0.2, -0.15) is 0 Å². The van der Waals surface area contributed by atoms with Crippen molar-refractivity contribution in [1.29, 1.82) is 0 Å². The van der Waals surface area contributed by atoms with Crippen molar-refractivity contribution in [2.75, 3.05) is 27.2 Å². The molecule has 0 N–H and O–H groups in total. The Kier molecular flexibility index (Phi) is 4.90. The van der Waals surface area contributed by atoms with Crippen LogP contribution in [0.3, 0.4) is 0 Å². The van der Waals surface area contributed by atoms with Crippen molar-refractivity contribution in [3.63, 3.8) is 0 Å². The van der Waals surface area contributed by atoms with Crippen LogP contribution in [0.15, 0.2) is 0 Å². The van der Waals surface area contributed by atoms with Gasteiger partial charge in [0.05, 0.1) is 0 Å². The third-order valence-corrected chi connectivity index (χ3v) is 3.67. The highest BCUT2D eigenvalue weighted by atomic mass is 15.2. The summed E-state index contributed by atoms with van der Waals surface area (Å²) in [5.74, 6) is 0. The van der Waals surface area contributed by atoms with E-state index in [9.17, 15) is 0 Å². The van der Waals surface area contributed by atoms with Gasteiger partial charge in [0, 0.05) is 18.6 Å². The van der Waals surface area contributed by atoms with Crippen molar-refractivity contribution < 1.29 is 0 Å². The molecule has 2 unspecified atom stereocenters. The standard InChI is InChI=1S/C12H26N2/c1-5-6-7-12-10-14(4)11(2)8-9-13(12)3/h11-12H,5-10H2,1-4H3. The first-order valence-electron chi connectivity index (χ1n) is 6.05. The SMILES string of the molecule is CCCCC1CN(C)C(C)CCN1C. The summed E-state index contributed by atoms with van der Waals surface area (Å²) in [7, 11) is 4.55. The number of rotatable bonds is 3. The Bertz CT molecular complexity index is 158. The van der Waals surface area contributed by atoms with E-state index in [1.165, 1.54) is 38.8 Å². The van der Waals surface area contributed by atoms with E-state index < -0.39 is 0 Å². The van der Waals surface area contributed by atoms with Crippen LogP contribution in [-0.2, 0) is 0 Å². The summed E-state index contributed by atoms with van der Waals surface area (Å²) in [6, 6.07) is 1.54. The maximum absolute atomic E-state index is 2.55. The third-order valence-electron chi connectivity index (χ3n) is 3.67. The average molecular weight is 198 g/mol. The molecule has 0 aromatic heterocycles. The molecular formula is C12H26N2. The quantitative estimate of drug-likeness (QED) is 0.686. The normalized spacial score (nSPS) is 31.7. The second kappa shape index (κ2) is 5.72. The third kappa shape index (κ3) is 3.25.